The number of carboxylic acids is 1. The van der Waals surface area contributed by atoms with Gasteiger partial charge in [-0.3, -0.25) is 14.4 Å². The standard InChI is InChI=1S/C22H34N2O6/c1-6-9-23(13(4)5)20(27)18-22-8-7-15(30-22)16(21(28)29)17(22)19(26)24(18)14(11-25)10-12(2)3/h6,12-18,25H,1,7-11H2,2-5H3,(H,28,29)/t14-,15-,16+,17+,18-,22+/m1/s1. The number of aliphatic hydroxyl groups excluding tert-OH is 1. The molecule has 3 aliphatic heterocycles. The Labute approximate surface area is 177 Å². The molecule has 3 heterocycles. The van der Waals surface area contributed by atoms with E-state index in [9.17, 15) is 24.6 Å². The van der Waals surface area contributed by atoms with Crippen molar-refractivity contribution in [1.82, 2.24) is 9.80 Å². The Morgan fingerprint density at radius 3 is 2.53 bits per heavy atom. The van der Waals surface area contributed by atoms with Gasteiger partial charge in [-0.15, -0.1) is 6.58 Å². The van der Waals surface area contributed by atoms with Crippen LogP contribution in [0.2, 0.25) is 0 Å². The van der Waals surface area contributed by atoms with E-state index >= 15 is 0 Å². The highest BCUT2D eigenvalue weighted by Gasteiger charge is 2.75. The number of amides is 2. The molecule has 3 aliphatic rings. The number of carbonyl (C=O) groups excluding carboxylic acids is 2. The molecule has 1 spiro atoms. The molecular weight excluding hydrogens is 388 g/mol. The summed E-state index contributed by atoms with van der Waals surface area (Å²) < 4.78 is 6.20. The van der Waals surface area contributed by atoms with Crippen molar-refractivity contribution in [2.45, 2.75) is 76.8 Å². The predicted molar refractivity (Wildman–Crippen MR) is 109 cm³/mol. The number of aliphatic carboxylic acids is 1. The Bertz CT molecular complexity index is 722. The third-order valence-electron chi connectivity index (χ3n) is 6.84. The monoisotopic (exact) mass is 422 g/mol. The van der Waals surface area contributed by atoms with Crippen LogP contribution < -0.4 is 0 Å². The normalized spacial score (nSPS) is 33.3. The van der Waals surface area contributed by atoms with E-state index in [1.165, 1.54) is 4.90 Å². The lowest BCUT2D eigenvalue weighted by Gasteiger charge is -2.40. The number of nitrogens with zero attached hydrogens (tertiary/aromatic N) is 2. The van der Waals surface area contributed by atoms with Crippen LogP contribution in [0.3, 0.4) is 0 Å². The van der Waals surface area contributed by atoms with Crippen molar-refractivity contribution in [3.63, 3.8) is 0 Å². The maximum Gasteiger partial charge on any atom is 0.310 e. The van der Waals surface area contributed by atoms with Gasteiger partial charge < -0.3 is 24.7 Å². The van der Waals surface area contributed by atoms with E-state index in [1.54, 1.807) is 11.0 Å². The highest BCUT2D eigenvalue weighted by atomic mass is 16.5. The number of carbonyl (C=O) groups is 3. The van der Waals surface area contributed by atoms with E-state index < -0.39 is 41.6 Å². The first-order valence-corrected chi connectivity index (χ1v) is 10.9. The van der Waals surface area contributed by atoms with Crippen molar-refractivity contribution >= 4 is 17.8 Å². The molecule has 30 heavy (non-hydrogen) atoms. The molecule has 0 saturated carbocycles. The lowest BCUT2D eigenvalue weighted by molar-refractivity contribution is -0.154. The minimum atomic E-state index is -1.15. The molecule has 2 N–H and O–H groups in total. The number of hydrogen-bond donors (Lipinski definition) is 2. The first kappa shape index (κ1) is 22.7. The number of hydrogen-bond acceptors (Lipinski definition) is 5. The molecule has 0 aromatic carbocycles. The first-order valence-electron chi connectivity index (χ1n) is 10.9. The van der Waals surface area contributed by atoms with Crippen molar-refractivity contribution in [2.75, 3.05) is 13.2 Å². The molecule has 3 rings (SSSR count). The fraction of sp³-hybridized carbons (Fsp3) is 0.773. The third-order valence-corrected chi connectivity index (χ3v) is 6.84. The van der Waals surface area contributed by atoms with E-state index in [-0.39, 0.29) is 30.4 Å². The fourth-order valence-electron chi connectivity index (χ4n) is 5.72. The smallest absolute Gasteiger partial charge is 0.310 e. The summed E-state index contributed by atoms with van der Waals surface area (Å²) in [5, 5.41) is 19.9. The van der Waals surface area contributed by atoms with Crippen LogP contribution in [0.4, 0.5) is 0 Å². The summed E-state index contributed by atoms with van der Waals surface area (Å²) in [7, 11) is 0. The van der Waals surface area contributed by atoms with Crippen LogP contribution in [0.15, 0.2) is 12.7 Å². The molecule has 2 amide bonds. The first-order chi connectivity index (χ1) is 14.1. The second kappa shape index (κ2) is 8.30. The van der Waals surface area contributed by atoms with Crippen molar-refractivity contribution in [3.8, 4) is 0 Å². The summed E-state index contributed by atoms with van der Waals surface area (Å²) in [5.41, 5.74) is -1.15. The predicted octanol–water partition coefficient (Wildman–Crippen LogP) is 1.28. The average molecular weight is 423 g/mol. The molecule has 8 heteroatoms. The average Bonchev–Trinajstić information content (AvgIpc) is 3.30. The van der Waals surface area contributed by atoms with Gasteiger partial charge in [0.2, 0.25) is 11.8 Å². The molecule has 2 bridgehead atoms. The number of ether oxygens (including phenoxy) is 1. The van der Waals surface area contributed by atoms with Crippen LogP contribution in [0, 0.1) is 17.8 Å². The van der Waals surface area contributed by atoms with Crippen molar-refractivity contribution in [2.24, 2.45) is 17.8 Å². The molecule has 3 saturated heterocycles. The van der Waals surface area contributed by atoms with Crippen molar-refractivity contribution < 1.29 is 29.3 Å². The third kappa shape index (κ3) is 3.34. The van der Waals surface area contributed by atoms with Gasteiger partial charge in [0.05, 0.1) is 30.6 Å². The van der Waals surface area contributed by atoms with Gasteiger partial charge in [0.15, 0.2) is 0 Å². The number of fused-ring (bicyclic) bond motifs is 1. The maximum absolute atomic E-state index is 13.8. The van der Waals surface area contributed by atoms with Gasteiger partial charge in [-0.05, 0) is 39.0 Å². The van der Waals surface area contributed by atoms with E-state index in [4.69, 9.17) is 4.74 Å². The van der Waals surface area contributed by atoms with Crippen LogP contribution >= 0.6 is 0 Å². The van der Waals surface area contributed by atoms with Gasteiger partial charge >= 0.3 is 5.97 Å². The molecule has 168 valence electrons. The molecule has 0 aromatic rings. The summed E-state index contributed by atoms with van der Waals surface area (Å²) in [4.78, 5) is 42.5. The minimum Gasteiger partial charge on any atom is -0.481 e. The van der Waals surface area contributed by atoms with E-state index in [0.29, 0.717) is 25.8 Å². The summed E-state index contributed by atoms with van der Waals surface area (Å²) in [6, 6.07) is -1.64. The Kier molecular flexibility index (Phi) is 6.30. The van der Waals surface area contributed by atoms with Crippen LogP contribution in [-0.2, 0) is 19.1 Å². The fourth-order valence-corrected chi connectivity index (χ4v) is 5.72. The topological polar surface area (TPSA) is 107 Å². The summed E-state index contributed by atoms with van der Waals surface area (Å²) in [6.07, 6.45) is 2.57. The zero-order chi connectivity index (χ0) is 22.4. The van der Waals surface area contributed by atoms with Gasteiger partial charge in [0.1, 0.15) is 11.6 Å². The lowest BCUT2D eigenvalue weighted by Crippen LogP contribution is -2.59. The molecule has 6 atom stereocenters. The van der Waals surface area contributed by atoms with Gasteiger partial charge in [-0.2, -0.15) is 0 Å². The highest BCUT2D eigenvalue weighted by Crippen LogP contribution is 2.59. The number of carboxylic acid groups (broad SMARTS) is 1. The zero-order valence-electron chi connectivity index (χ0n) is 18.3. The Hall–Kier alpha value is -1.93. The SMILES string of the molecule is C=CCN(C(=O)[C@H]1N([C@@H](CO)CC(C)C)C(=O)[C@@H]2[C@@H](C(=O)O)[C@H]3CC[C@]21O3)C(C)C. The van der Waals surface area contributed by atoms with Gasteiger partial charge in [0.25, 0.3) is 0 Å². The second-order valence-electron chi connectivity index (χ2n) is 9.48. The van der Waals surface area contributed by atoms with E-state index in [0.717, 1.165) is 0 Å². The van der Waals surface area contributed by atoms with Crippen LogP contribution in [0.5, 0.6) is 0 Å². The van der Waals surface area contributed by atoms with Gasteiger partial charge in [-0.1, -0.05) is 19.9 Å². The van der Waals surface area contributed by atoms with Gasteiger partial charge in [-0.25, -0.2) is 0 Å². The molecule has 0 radical (unpaired) electrons. The molecule has 8 nitrogen and oxygen atoms in total. The van der Waals surface area contributed by atoms with Gasteiger partial charge in [0, 0.05) is 12.6 Å². The minimum absolute atomic E-state index is 0.130. The summed E-state index contributed by atoms with van der Waals surface area (Å²) >= 11 is 0. The molecular formula is C22H34N2O6. The van der Waals surface area contributed by atoms with Crippen molar-refractivity contribution in [1.29, 1.82) is 0 Å². The second-order valence-corrected chi connectivity index (χ2v) is 9.48. The number of rotatable bonds is 9. The molecule has 0 aromatic heterocycles. The van der Waals surface area contributed by atoms with E-state index in [1.807, 2.05) is 27.7 Å². The summed E-state index contributed by atoms with van der Waals surface area (Å²) in [6.45, 7) is 11.5. The zero-order valence-corrected chi connectivity index (χ0v) is 18.3. The Morgan fingerprint density at radius 2 is 2.03 bits per heavy atom. The van der Waals surface area contributed by atoms with E-state index in [2.05, 4.69) is 6.58 Å². The molecule has 0 unspecified atom stereocenters. The highest BCUT2D eigenvalue weighted by molar-refractivity contribution is 5.98. The molecule has 3 fully saturated rings. The maximum atomic E-state index is 13.8. The molecule has 0 aliphatic carbocycles. The van der Waals surface area contributed by atoms with Crippen LogP contribution in [0.1, 0.15) is 47.0 Å². The quantitative estimate of drug-likeness (QED) is 0.542. The number of likely N-dealkylation sites (tertiary alicyclic amines) is 1. The number of aliphatic hydroxyl groups is 1. The summed E-state index contributed by atoms with van der Waals surface area (Å²) in [5.74, 6) is -3.40. The van der Waals surface area contributed by atoms with Crippen molar-refractivity contribution in [3.05, 3.63) is 12.7 Å². The Morgan fingerprint density at radius 1 is 1.37 bits per heavy atom. The van der Waals surface area contributed by atoms with Crippen LogP contribution in [0.25, 0.3) is 0 Å². The Balaban J connectivity index is 2.10. The largest absolute Gasteiger partial charge is 0.481 e. The van der Waals surface area contributed by atoms with Crippen LogP contribution in [-0.4, -0.2) is 80.8 Å². The lowest BCUT2D eigenvalue weighted by atomic mass is 9.70.